The van der Waals surface area contributed by atoms with Gasteiger partial charge in [0.2, 0.25) is 0 Å². The predicted molar refractivity (Wildman–Crippen MR) is 77.1 cm³/mol. The summed E-state index contributed by atoms with van der Waals surface area (Å²) >= 11 is 3.40. The van der Waals surface area contributed by atoms with E-state index < -0.39 is 5.97 Å². The van der Waals surface area contributed by atoms with E-state index in [9.17, 15) is 4.79 Å². The van der Waals surface area contributed by atoms with Gasteiger partial charge in [0.25, 0.3) is 0 Å². The first-order chi connectivity index (χ1) is 8.97. The van der Waals surface area contributed by atoms with E-state index in [0.717, 1.165) is 21.3 Å². The van der Waals surface area contributed by atoms with Gasteiger partial charge in [0.05, 0.1) is 5.56 Å². The fourth-order valence-electron chi connectivity index (χ4n) is 1.70. The third-order valence-electron chi connectivity index (χ3n) is 2.79. The number of aryl methyl sites for hydroxylation is 2. The van der Waals surface area contributed by atoms with Gasteiger partial charge in [-0.2, -0.15) is 0 Å². The van der Waals surface area contributed by atoms with E-state index in [4.69, 9.17) is 9.84 Å². The Balaban J connectivity index is 2.33. The molecule has 0 bridgehead atoms. The molecule has 2 aromatic rings. The van der Waals surface area contributed by atoms with Crippen LogP contribution in [0.25, 0.3) is 0 Å². The number of hydrogen-bond acceptors (Lipinski definition) is 2. The highest BCUT2D eigenvalue weighted by atomic mass is 79.9. The largest absolute Gasteiger partial charge is 0.478 e. The Bertz CT molecular complexity index is 635. The minimum Gasteiger partial charge on any atom is -0.478 e. The molecule has 0 radical (unpaired) electrons. The number of carboxylic acid groups (broad SMARTS) is 1. The summed E-state index contributed by atoms with van der Waals surface area (Å²) in [6.45, 7) is 3.79. The number of carboxylic acids is 1. The molecule has 0 amide bonds. The fourth-order valence-corrected chi connectivity index (χ4v) is 2.04. The second-order valence-electron chi connectivity index (χ2n) is 4.30. The second kappa shape index (κ2) is 5.45. The van der Waals surface area contributed by atoms with Gasteiger partial charge in [0, 0.05) is 4.47 Å². The van der Waals surface area contributed by atoms with Gasteiger partial charge in [0.15, 0.2) is 0 Å². The zero-order valence-corrected chi connectivity index (χ0v) is 12.2. The van der Waals surface area contributed by atoms with E-state index in [0.29, 0.717) is 5.75 Å². The van der Waals surface area contributed by atoms with Crippen LogP contribution in [0.1, 0.15) is 21.5 Å². The Morgan fingerprint density at radius 2 is 1.79 bits per heavy atom. The highest BCUT2D eigenvalue weighted by molar-refractivity contribution is 9.10. The van der Waals surface area contributed by atoms with Crippen LogP contribution >= 0.6 is 15.9 Å². The zero-order chi connectivity index (χ0) is 14.0. The maximum Gasteiger partial charge on any atom is 0.335 e. The molecule has 4 heteroatoms. The van der Waals surface area contributed by atoms with Crippen LogP contribution in [0, 0.1) is 13.8 Å². The molecule has 0 aliphatic heterocycles. The molecule has 0 saturated carbocycles. The molecular formula is C15H13BrO3. The third-order valence-corrected chi connectivity index (χ3v) is 3.29. The average Bonchev–Trinajstić information content (AvgIpc) is 2.36. The lowest BCUT2D eigenvalue weighted by atomic mass is 10.1. The van der Waals surface area contributed by atoms with Crippen LogP contribution in [0.3, 0.4) is 0 Å². The SMILES string of the molecule is Cc1cc(C(=O)O)ccc1Oc1cc(Br)ccc1C. The van der Waals surface area contributed by atoms with E-state index in [-0.39, 0.29) is 5.56 Å². The van der Waals surface area contributed by atoms with Gasteiger partial charge in [-0.1, -0.05) is 22.0 Å². The van der Waals surface area contributed by atoms with Crippen molar-refractivity contribution < 1.29 is 14.6 Å². The maximum atomic E-state index is 10.9. The van der Waals surface area contributed by atoms with E-state index in [1.165, 1.54) is 6.07 Å². The molecule has 19 heavy (non-hydrogen) atoms. The molecule has 0 fully saturated rings. The lowest BCUT2D eigenvalue weighted by Gasteiger charge is -2.11. The first kappa shape index (κ1) is 13.6. The molecule has 0 spiro atoms. The minimum atomic E-state index is -0.937. The Labute approximate surface area is 120 Å². The van der Waals surface area contributed by atoms with Gasteiger partial charge >= 0.3 is 5.97 Å². The average molecular weight is 321 g/mol. The molecule has 0 aliphatic rings. The summed E-state index contributed by atoms with van der Waals surface area (Å²) in [5.74, 6) is 0.472. The number of ether oxygens (including phenoxy) is 1. The van der Waals surface area contributed by atoms with Crippen molar-refractivity contribution in [1.29, 1.82) is 0 Å². The highest BCUT2D eigenvalue weighted by Gasteiger charge is 2.08. The molecule has 98 valence electrons. The standard InChI is InChI=1S/C15H13BrO3/c1-9-3-5-12(16)8-14(9)19-13-6-4-11(15(17)18)7-10(13)2/h3-8H,1-2H3,(H,17,18). The van der Waals surface area contributed by atoms with Crippen molar-refractivity contribution >= 4 is 21.9 Å². The molecule has 2 aromatic carbocycles. The Hall–Kier alpha value is -1.81. The summed E-state index contributed by atoms with van der Waals surface area (Å²) in [4.78, 5) is 10.9. The molecule has 0 aromatic heterocycles. The number of carbonyl (C=O) groups is 1. The lowest BCUT2D eigenvalue weighted by Crippen LogP contribution is -1.98. The topological polar surface area (TPSA) is 46.5 Å². The van der Waals surface area contributed by atoms with Crippen molar-refractivity contribution in [3.63, 3.8) is 0 Å². The number of hydrogen-bond donors (Lipinski definition) is 1. The normalized spacial score (nSPS) is 10.3. The second-order valence-corrected chi connectivity index (χ2v) is 5.21. The fraction of sp³-hybridized carbons (Fsp3) is 0.133. The van der Waals surface area contributed by atoms with Crippen molar-refractivity contribution in [1.82, 2.24) is 0 Å². The molecule has 0 atom stereocenters. The third kappa shape index (κ3) is 3.15. The van der Waals surface area contributed by atoms with Crippen LogP contribution in [0.15, 0.2) is 40.9 Å². The van der Waals surface area contributed by atoms with Gasteiger partial charge in [-0.25, -0.2) is 4.79 Å². The smallest absolute Gasteiger partial charge is 0.335 e. The van der Waals surface area contributed by atoms with Crippen molar-refractivity contribution in [3.05, 3.63) is 57.6 Å². The Morgan fingerprint density at radius 1 is 1.05 bits per heavy atom. The molecule has 3 nitrogen and oxygen atoms in total. The first-order valence-corrected chi connectivity index (χ1v) is 6.54. The first-order valence-electron chi connectivity index (χ1n) is 5.75. The van der Waals surface area contributed by atoms with E-state index in [1.807, 2.05) is 32.0 Å². The minimum absolute atomic E-state index is 0.260. The highest BCUT2D eigenvalue weighted by Crippen LogP contribution is 2.30. The van der Waals surface area contributed by atoms with Crippen LogP contribution in [-0.4, -0.2) is 11.1 Å². The number of rotatable bonds is 3. The van der Waals surface area contributed by atoms with Gasteiger partial charge in [-0.3, -0.25) is 0 Å². The van der Waals surface area contributed by atoms with Crippen LogP contribution in [-0.2, 0) is 0 Å². The van der Waals surface area contributed by atoms with Gasteiger partial charge in [-0.15, -0.1) is 0 Å². The van der Waals surface area contributed by atoms with Crippen molar-refractivity contribution in [2.45, 2.75) is 13.8 Å². The number of benzene rings is 2. The summed E-state index contributed by atoms with van der Waals surface area (Å²) < 4.78 is 6.77. The molecule has 0 aliphatic carbocycles. The van der Waals surface area contributed by atoms with Gasteiger partial charge < -0.3 is 9.84 Å². The van der Waals surface area contributed by atoms with E-state index in [2.05, 4.69) is 15.9 Å². The lowest BCUT2D eigenvalue weighted by molar-refractivity contribution is 0.0697. The van der Waals surface area contributed by atoms with Crippen LogP contribution < -0.4 is 4.74 Å². The summed E-state index contributed by atoms with van der Waals surface area (Å²) in [6.07, 6.45) is 0. The molecule has 2 rings (SSSR count). The summed E-state index contributed by atoms with van der Waals surface area (Å²) in [6, 6.07) is 10.6. The Kier molecular flexibility index (Phi) is 3.90. The zero-order valence-electron chi connectivity index (χ0n) is 10.6. The number of halogens is 1. The molecular weight excluding hydrogens is 308 g/mol. The molecule has 0 heterocycles. The van der Waals surface area contributed by atoms with Crippen LogP contribution in [0.5, 0.6) is 11.5 Å². The van der Waals surface area contributed by atoms with Gasteiger partial charge in [0.1, 0.15) is 11.5 Å². The van der Waals surface area contributed by atoms with Gasteiger partial charge in [-0.05, 0) is 55.3 Å². The van der Waals surface area contributed by atoms with Crippen LogP contribution in [0.2, 0.25) is 0 Å². The predicted octanol–water partition coefficient (Wildman–Crippen LogP) is 4.56. The molecule has 1 N–H and O–H groups in total. The monoisotopic (exact) mass is 320 g/mol. The maximum absolute atomic E-state index is 10.9. The molecule has 0 saturated heterocycles. The van der Waals surface area contributed by atoms with Crippen molar-refractivity contribution in [2.75, 3.05) is 0 Å². The van der Waals surface area contributed by atoms with E-state index in [1.54, 1.807) is 12.1 Å². The summed E-state index contributed by atoms with van der Waals surface area (Å²) in [5.41, 5.74) is 2.07. The van der Waals surface area contributed by atoms with Crippen molar-refractivity contribution in [3.8, 4) is 11.5 Å². The van der Waals surface area contributed by atoms with Crippen LogP contribution in [0.4, 0.5) is 0 Å². The number of aromatic carboxylic acids is 1. The molecule has 0 unspecified atom stereocenters. The van der Waals surface area contributed by atoms with E-state index >= 15 is 0 Å². The summed E-state index contributed by atoms with van der Waals surface area (Å²) in [5, 5.41) is 8.92. The Morgan fingerprint density at radius 3 is 2.42 bits per heavy atom. The quantitative estimate of drug-likeness (QED) is 0.902. The van der Waals surface area contributed by atoms with Crippen molar-refractivity contribution in [2.24, 2.45) is 0 Å². The summed E-state index contributed by atoms with van der Waals surface area (Å²) in [7, 11) is 0.